The van der Waals surface area contributed by atoms with Crippen molar-refractivity contribution in [1.82, 2.24) is 9.55 Å². The minimum absolute atomic E-state index is 0.206. The molecule has 3 heterocycles. The van der Waals surface area contributed by atoms with Crippen LogP contribution in [0.2, 0.25) is 0 Å². The van der Waals surface area contributed by atoms with Crippen LogP contribution in [0.4, 0.5) is 4.39 Å². The lowest BCUT2D eigenvalue weighted by molar-refractivity contribution is 0.0939. The van der Waals surface area contributed by atoms with E-state index in [4.69, 9.17) is 16.3 Å². The van der Waals surface area contributed by atoms with Crippen molar-refractivity contribution in [2.24, 2.45) is 0 Å². The molecule has 0 N–H and O–H groups in total. The summed E-state index contributed by atoms with van der Waals surface area (Å²) in [6, 6.07) is 3.60. The van der Waals surface area contributed by atoms with E-state index < -0.39 is 0 Å². The van der Waals surface area contributed by atoms with E-state index in [1.807, 2.05) is 29.5 Å². The predicted octanol–water partition coefficient (Wildman–Crippen LogP) is 4.57. The molecule has 0 aliphatic carbocycles. The fraction of sp³-hybridized carbons (Fsp3) is 0.533. The normalized spacial score (nSPS) is 29.4. The van der Waals surface area contributed by atoms with Crippen LogP contribution >= 0.6 is 34.2 Å². The lowest BCUT2D eigenvalue weighted by atomic mass is 9.95. The van der Waals surface area contributed by atoms with Gasteiger partial charge in [-0.1, -0.05) is 0 Å². The number of hydrogen-bond acceptors (Lipinski definition) is 2. The minimum atomic E-state index is -0.211. The van der Waals surface area contributed by atoms with Gasteiger partial charge in [0.25, 0.3) is 0 Å². The summed E-state index contributed by atoms with van der Waals surface area (Å²) in [6.07, 6.45) is 3.72. The standard InChI is InChI=1S/C15H15ClFIN2O/c1-7(16)15-19-11-6-10(18)9(17)5-12(11)20(15)13-4-8-2-3-14(13)21-8/h5-8,13-14H,2-4H2,1H3. The molecular weight excluding hydrogens is 406 g/mol. The lowest BCUT2D eigenvalue weighted by Gasteiger charge is -2.24. The number of benzene rings is 1. The van der Waals surface area contributed by atoms with E-state index in [0.29, 0.717) is 9.67 Å². The number of alkyl halides is 1. The molecule has 4 atom stereocenters. The van der Waals surface area contributed by atoms with Gasteiger partial charge >= 0.3 is 0 Å². The molecule has 4 unspecified atom stereocenters. The van der Waals surface area contributed by atoms with Crippen LogP contribution in [-0.2, 0) is 4.74 Å². The second-order valence-electron chi connectivity index (χ2n) is 5.89. The van der Waals surface area contributed by atoms with E-state index in [1.165, 1.54) is 0 Å². The fourth-order valence-electron chi connectivity index (χ4n) is 3.62. The maximum absolute atomic E-state index is 14.0. The summed E-state index contributed by atoms with van der Waals surface area (Å²) >= 11 is 8.32. The van der Waals surface area contributed by atoms with Crippen molar-refractivity contribution >= 4 is 45.2 Å². The van der Waals surface area contributed by atoms with Crippen molar-refractivity contribution in [1.29, 1.82) is 0 Å². The number of imidazole rings is 1. The van der Waals surface area contributed by atoms with Crippen molar-refractivity contribution in [2.75, 3.05) is 0 Å². The molecule has 2 aliphatic rings. The highest BCUT2D eigenvalue weighted by Crippen LogP contribution is 2.44. The van der Waals surface area contributed by atoms with Crippen molar-refractivity contribution in [3.8, 4) is 0 Å². The van der Waals surface area contributed by atoms with E-state index in [1.54, 1.807) is 12.1 Å². The van der Waals surface area contributed by atoms with Crippen molar-refractivity contribution in [3.05, 3.63) is 27.3 Å². The van der Waals surface area contributed by atoms with E-state index >= 15 is 0 Å². The molecule has 0 saturated carbocycles. The van der Waals surface area contributed by atoms with Gasteiger partial charge in [0.15, 0.2) is 0 Å². The van der Waals surface area contributed by atoms with Crippen LogP contribution in [0.3, 0.4) is 0 Å². The summed E-state index contributed by atoms with van der Waals surface area (Å²) in [5.74, 6) is 0.608. The number of hydrogen-bond donors (Lipinski definition) is 0. The summed E-state index contributed by atoms with van der Waals surface area (Å²) in [5.41, 5.74) is 1.64. The molecule has 1 aromatic heterocycles. The molecule has 2 bridgehead atoms. The third-order valence-corrected chi connectivity index (χ3v) is 5.54. The van der Waals surface area contributed by atoms with Crippen molar-refractivity contribution < 1.29 is 9.13 Å². The smallest absolute Gasteiger partial charge is 0.138 e. The van der Waals surface area contributed by atoms with Crippen LogP contribution in [0.15, 0.2) is 12.1 Å². The molecule has 2 aliphatic heterocycles. The summed E-state index contributed by atoms with van der Waals surface area (Å²) in [4.78, 5) is 4.65. The van der Waals surface area contributed by atoms with Crippen LogP contribution in [0.5, 0.6) is 0 Å². The molecule has 112 valence electrons. The first kappa shape index (κ1) is 14.2. The number of rotatable bonds is 2. The number of halogens is 3. The Bertz CT molecular complexity index is 717. The van der Waals surface area contributed by atoms with E-state index in [2.05, 4.69) is 9.55 Å². The maximum atomic E-state index is 14.0. The third-order valence-electron chi connectivity index (χ3n) is 4.52. The lowest BCUT2D eigenvalue weighted by Crippen LogP contribution is -2.23. The summed E-state index contributed by atoms with van der Waals surface area (Å²) in [7, 11) is 0. The second kappa shape index (κ2) is 5.06. The zero-order valence-corrected chi connectivity index (χ0v) is 14.4. The van der Waals surface area contributed by atoms with Gasteiger partial charge in [0.1, 0.15) is 11.6 Å². The van der Waals surface area contributed by atoms with Crippen LogP contribution in [0.25, 0.3) is 11.0 Å². The molecule has 0 amide bonds. The Hall–Kier alpha value is -0.400. The highest BCUT2D eigenvalue weighted by atomic mass is 127. The molecule has 3 nitrogen and oxygen atoms in total. The van der Waals surface area contributed by atoms with Gasteiger partial charge in [-0.2, -0.15) is 0 Å². The topological polar surface area (TPSA) is 27.1 Å². The molecule has 21 heavy (non-hydrogen) atoms. The Morgan fingerprint density at radius 3 is 2.90 bits per heavy atom. The largest absolute Gasteiger partial charge is 0.373 e. The van der Waals surface area contributed by atoms with Gasteiger partial charge in [0.2, 0.25) is 0 Å². The van der Waals surface area contributed by atoms with Gasteiger partial charge in [-0.3, -0.25) is 0 Å². The van der Waals surface area contributed by atoms with Gasteiger partial charge in [-0.25, -0.2) is 9.37 Å². The average Bonchev–Trinajstić information content (AvgIpc) is 3.12. The summed E-state index contributed by atoms with van der Waals surface area (Å²) < 4.78 is 22.7. The maximum Gasteiger partial charge on any atom is 0.138 e. The Morgan fingerprint density at radius 1 is 1.48 bits per heavy atom. The SMILES string of the molecule is CC(Cl)c1nc2cc(I)c(F)cc2n1C1CC2CCC1O2. The zero-order chi connectivity index (χ0) is 14.7. The van der Waals surface area contributed by atoms with Gasteiger partial charge < -0.3 is 9.30 Å². The van der Waals surface area contributed by atoms with Crippen molar-refractivity contribution in [2.45, 2.75) is 49.8 Å². The highest BCUT2D eigenvalue weighted by molar-refractivity contribution is 14.1. The van der Waals surface area contributed by atoms with E-state index in [9.17, 15) is 4.39 Å². The highest BCUT2D eigenvalue weighted by Gasteiger charge is 2.43. The first-order valence-electron chi connectivity index (χ1n) is 7.21. The van der Waals surface area contributed by atoms with Crippen LogP contribution in [0.1, 0.15) is 43.4 Å². The quantitative estimate of drug-likeness (QED) is 0.526. The Morgan fingerprint density at radius 2 is 2.29 bits per heavy atom. The van der Waals surface area contributed by atoms with Crippen LogP contribution < -0.4 is 0 Å². The van der Waals surface area contributed by atoms with Crippen molar-refractivity contribution in [3.63, 3.8) is 0 Å². The van der Waals surface area contributed by atoms with E-state index in [0.717, 1.165) is 36.1 Å². The second-order valence-corrected chi connectivity index (χ2v) is 7.70. The molecule has 6 heteroatoms. The first-order chi connectivity index (χ1) is 10.0. The molecule has 2 aromatic rings. The number of nitrogens with zero attached hydrogens (tertiary/aromatic N) is 2. The third kappa shape index (κ3) is 2.19. The molecular formula is C15H15ClFIN2O. The van der Waals surface area contributed by atoms with Gasteiger partial charge in [-0.05, 0) is 54.8 Å². The monoisotopic (exact) mass is 420 g/mol. The molecule has 0 radical (unpaired) electrons. The summed E-state index contributed by atoms with van der Waals surface area (Å²) in [5, 5.41) is -0.211. The Balaban J connectivity index is 1.92. The number of fused-ring (bicyclic) bond motifs is 3. The van der Waals surface area contributed by atoms with Gasteiger partial charge in [0.05, 0.1) is 38.2 Å². The molecule has 2 saturated heterocycles. The molecule has 0 spiro atoms. The number of ether oxygens (including phenoxy) is 1. The Kier molecular flexibility index (Phi) is 3.42. The fourth-order valence-corrected chi connectivity index (χ4v) is 4.23. The van der Waals surface area contributed by atoms with Crippen LogP contribution in [0, 0.1) is 9.39 Å². The van der Waals surface area contributed by atoms with Crippen LogP contribution in [-0.4, -0.2) is 21.8 Å². The minimum Gasteiger partial charge on any atom is -0.373 e. The van der Waals surface area contributed by atoms with E-state index in [-0.39, 0.29) is 23.3 Å². The summed E-state index contributed by atoms with van der Waals surface area (Å²) in [6.45, 7) is 1.91. The predicted molar refractivity (Wildman–Crippen MR) is 88.2 cm³/mol. The van der Waals surface area contributed by atoms with Gasteiger partial charge in [-0.15, -0.1) is 11.6 Å². The zero-order valence-electron chi connectivity index (χ0n) is 11.5. The Labute approximate surface area is 141 Å². The van der Waals surface area contributed by atoms with Gasteiger partial charge in [0, 0.05) is 6.07 Å². The molecule has 1 aromatic carbocycles. The first-order valence-corrected chi connectivity index (χ1v) is 8.72. The molecule has 4 rings (SSSR count). The average molecular weight is 421 g/mol. The number of aromatic nitrogens is 2. The molecule has 2 fully saturated rings.